The van der Waals surface area contributed by atoms with E-state index in [2.05, 4.69) is 67.4 Å². The summed E-state index contributed by atoms with van der Waals surface area (Å²) in [6, 6.07) is 17.4. The SMILES string of the molecule is CCCCCCc1ccc(C=Nc2ccc3cc(C)ccc3c2)s1. The summed E-state index contributed by atoms with van der Waals surface area (Å²) in [6.07, 6.45) is 8.49. The third-order valence-corrected chi connectivity index (χ3v) is 5.36. The summed E-state index contributed by atoms with van der Waals surface area (Å²) in [5, 5.41) is 2.53. The van der Waals surface area contributed by atoms with Crippen molar-refractivity contribution in [3.63, 3.8) is 0 Å². The molecule has 1 nitrogen and oxygen atoms in total. The van der Waals surface area contributed by atoms with E-state index in [1.165, 1.54) is 58.2 Å². The molecule has 3 rings (SSSR count). The van der Waals surface area contributed by atoms with Crippen LogP contribution in [-0.4, -0.2) is 6.21 Å². The minimum Gasteiger partial charge on any atom is -0.255 e. The van der Waals surface area contributed by atoms with Gasteiger partial charge in [-0.1, -0.05) is 56.0 Å². The normalized spacial score (nSPS) is 11.6. The van der Waals surface area contributed by atoms with Crippen LogP contribution in [0.4, 0.5) is 5.69 Å². The van der Waals surface area contributed by atoms with Crippen molar-refractivity contribution in [3.8, 4) is 0 Å². The minimum atomic E-state index is 1.02. The van der Waals surface area contributed by atoms with Crippen molar-refractivity contribution < 1.29 is 0 Å². The molecule has 2 aromatic carbocycles. The van der Waals surface area contributed by atoms with Crippen LogP contribution in [0.5, 0.6) is 0 Å². The van der Waals surface area contributed by atoms with Crippen molar-refractivity contribution in [2.75, 3.05) is 0 Å². The van der Waals surface area contributed by atoms with E-state index in [-0.39, 0.29) is 0 Å². The summed E-state index contributed by atoms with van der Waals surface area (Å²) in [7, 11) is 0. The lowest BCUT2D eigenvalue weighted by atomic mass is 10.1. The van der Waals surface area contributed by atoms with Crippen molar-refractivity contribution in [3.05, 3.63) is 63.8 Å². The van der Waals surface area contributed by atoms with Gasteiger partial charge in [-0.3, -0.25) is 4.99 Å². The first-order valence-corrected chi connectivity index (χ1v) is 9.69. The molecule has 124 valence electrons. The van der Waals surface area contributed by atoms with Gasteiger partial charge in [0.05, 0.1) is 5.69 Å². The average Bonchev–Trinajstić information content (AvgIpc) is 3.05. The molecule has 0 amide bonds. The summed E-state index contributed by atoms with van der Waals surface area (Å²) in [5.74, 6) is 0. The van der Waals surface area contributed by atoms with Crippen molar-refractivity contribution in [1.29, 1.82) is 0 Å². The molecule has 1 aromatic heterocycles. The van der Waals surface area contributed by atoms with Gasteiger partial charge in [-0.25, -0.2) is 0 Å². The maximum absolute atomic E-state index is 4.66. The lowest BCUT2D eigenvalue weighted by molar-refractivity contribution is 0.670. The van der Waals surface area contributed by atoms with Crippen LogP contribution in [0.15, 0.2) is 53.5 Å². The van der Waals surface area contributed by atoms with Crippen LogP contribution in [0.1, 0.15) is 47.9 Å². The Hall–Kier alpha value is -1.93. The van der Waals surface area contributed by atoms with Gasteiger partial charge in [0.1, 0.15) is 0 Å². The van der Waals surface area contributed by atoms with Gasteiger partial charge in [-0.15, -0.1) is 11.3 Å². The number of benzene rings is 2. The van der Waals surface area contributed by atoms with Gasteiger partial charge in [0.25, 0.3) is 0 Å². The Morgan fingerprint density at radius 1 is 0.917 bits per heavy atom. The molecule has 0 fully saturated rings. The highest BCUT2D eigenvalue weighted by molar-refractivity contribution is 7.13. The monoisotopic (exact) mass is 335 g/mol. The first-order chi connectivity index (χ1) is 11.7. The fourth-order valence-electron chi connectivity index (χ4n) is 2.90. The minimum absolute atomic E-state index is 1.02. The van der Waals surface area contributed by atoms with Crippen molar-refractivity contribution >= 4 is 34.0 Å². The summed E-state index contributed by atoms with van der Waals surface area (Å²) in [5.41, 5.74) is 2.31. The molecule has 0 saturated heterocycles. The second-order valence-corrected chi connectivity index (χ2v) is 7.61. The number of aliphatic imine (C=N–C) groups is 1. The van der Waals surface area contributed by atoms with E-state index in [0.29, 0.717) is 0 Å². The number of aryl methyl sites for hydroxylation is 2. The highest BCUT2D eigenvalue weighted by atomic mass is 32.1. The molecule has 0 aliphatic heterocycles. The van der Waals surface area contributed by atoms with E-state index in [9.17, 15) is 0 Å². The largest absolute Gasteiger partial charge is 0.255 e. The zero-order valence-corrected chi connectivity index (χ0v) is 15.4. The number of thiophene rings is 1. The summed E-state index contributed by atoms with van der Waals surface area (Å²) >= 11 is 1.87. The standard InChI is InChI=1S/C22H25NS/c1-3-4-5-6-7-21-12-13-22(24-21)16-23-20-11-10-18-14-17(2)8-9-19(18)15-20/h8-16H,3-7H2,1-2H3. The number of unbranched alkanes of at least 4 members (excludes halogenated alkanes) is 3. The Bertz CT molecular complexity index is 829. The smallest absolute Gasteiger partial charge is 0.0636 e. The lowest BCUT2D eigenvalue weighted by Crippen LogP contribution is -1.80. The zero-order chi connectivity index (χ0) is 16.8. The molecule has 0 spiro atoms. The highest BCUT2D eigenvalue weighted by Gasteiger charge is 1.99. The molecule has 24 heavy (non-hydrogen) atoms. The molecule has 0 unspecified atom stereocenters. The first kappa shape index (κ1) is 16.9. The van der Waals surface area contributed by atoms with Crippen molar-refractivity contribution in [2.45, 2.75) is 46.0 Å². The van der Waals surface area contributed by atoms with Crippen molar-refractivity contribution in [2.24, 2.45) is 4.99 Å². The molecule has 0 N–H and O–H groups in total. The number of nitrogens with zero attached hydrogens (tertiary/aromatic N) is 1. The summed E-state index contributed by atoms with van der Waals surface area (Å²) in [6.45, 7) is 4.38. The van der Waals surface area contributed by atoms with Crippen LogP contribution >= 0.6 is 11.3 Å². The van der Waals surface area contributed by atoms with Crippen LogP contribution in [0.3, 0.4) is 0 Å². The molecule has 0 aliphatic carbocycles. The fourth-order valence-corrected chi connectivity index (χ4v) is 3.82. The molecule has 2 heteroatoms. The Labute approximate surface area is 149 Å². The van der Waals surface area contributed by atoms with Crippen LogP contribution in [0, 0.1) is 6.92 Å². The molecule has 0 bridgehead atoms. The van der Waals surface area contributed by atoms with Crippen molar-refractivity contribution in [1.82, 2.24) is 0 Å². The molecule has 0 aliphatic rings. The number of hydrogen-bond donors (Lipinski definition) is 0. The Morgan fingerprint density at radius 2 is 1.75 bits per heavy atom. The lowest BCUT2D eigenvalue weighted by Gasteiger charge is -2.00. The molecular formula is C22H25NS. The number of fused-ring (bicyclic) bond motifs is 1. The number of rotatable bonds is 7. The van der Waals surface area contributed by atoms with E-state index in [1.807, 2.05) is 17.6 Å². The molecule has 0 atom stereocenters. The quantitative estimate of drug-likeness (QED) is 0.323. The molecule has 0 radical (unpaired) electrons. The highest BCUT2D eigenvalue weighted by Crippen LogP contribution is 2.23. The van der Waals surface area contributed by atoms with E-state index < -0.39 is 0 Å². The van der Waals surface area contributed by atoms with Crippen LogP contribution in [-0.2, 0) is 6.42 Å². The van der Waals surface area contributed by atoms with Crippen LogP contribution in [0.25, 0.3) is 10.8 Å². The van der Waals surface area contributed by atoms with Crippen LogP contribution < -0.4 is 0 Å². The van der Waals surface area contributed by atoms with E-state index in [4.69, 9.17) is 0 Å². The molecule has 1 heterocycles. The van der Waals surface area contributed by atoms with Gasteiger partial charge in [0, 0.05) is 16.0 Å². The Balaban J connectivity index is 1.65. The van der Waals surface area contributed by atoms with Gasteiger partial charge in [-0.05, 0) is 54.8 Å². The third kappa shape index (κ3) is 4.55. The van der Waals surface area contributed by atoms with Gasteiger partial charge < -0.3 is 0 Å². The van der Waals surface area contributed by atoms with E-state index >= 15 is 0 Å². The molecule has 3 aromatic rings. The van der Waals surface area contributed by atoms with Gasteiger partial charge >= 0.3 is 0 Å². The predicted molar refractivity (Wildman–Crippen MR) is 108 cm³/mol. The fraction of sp³-hybridized carbons (Fsp3) is 0.318. The molecular weight excluding hydrogens is 310 g/mol. The second-order valence-electron chi connectivity index (χ2n) is 6.41. The Kier molecular flexibility index (Phi) is 5.81. The summed E-state index contributed by atoms with van der Waals surface area (Å²) < 4.78 is 0. The van der Waals surface area contributed by atoms with Gasteiger partial charge in [-0.2, -0.15) is 0 Å². The van der Waals surface area contributed by atoms with E-state index in [0.717, 1.165) is 5.69 Å². The summed E-state index contributed by atoms with van der Waals surface area (Å²) in [4.78, 5) is 7.37. The van der Waals surface area contributed by atoms with Gasteiger partial charge in [0.2, 0.25) is 0 Å². The Morgan fingerprint density at radius 3 is 2.62 bits per heavy atom. The maximum atomic E-state index is 4.66. The van der Waals surface area contributed by atoms with E-state index in [1.54, 1.807) is 0 Å². The zero-order valence-electron chi connectivity index (χ0n) is 14.6. The maximum Gasteiger partial charge on any atom is 0.0636 e. The topological polar surface area (TPSA) is 12.4 Å². The average molecular weight is 336 g/mol. The van der Waals surface area contributed by atoms with Crippen LogP contribution in [0.2, 0.25) is 0 Å². The predicted octanol–water partition coefficient (Wildman–Crippen LogP) is 7.08. The van der Waals surface area contributed by atoms with Gasteiger partial charge in [0.15, 0.2) is 0 Å². The number of hydrogen-bond acceptors (Lipinski definition) is 2. The first-order valence-electron chi connectivity index (χ1n) is 8.88. The molecule has 0 saturated carbocycles. The second kappa shape index (κ2) is 8.25. The third-order valence-electron chi connectivity index (χ3n) is 4.28.